The number of alkyl halides is 1. The van der Waals surface area contributed by atoms with Crippen molar-refractivity contribution >= 4 is 17.0 Å². The van der Waals surface area contributed by atoms with Crippen molar-refractivity contribution in [2.45, 2.75) is 25.2 Å². The van der Waals surface area contributed by atoms with E-state index < -0.39 is 23.8 Å². The lowest BCUT2D eigenvalue weighted by molar-refractivity contribution is 0.243. The first-order valence-electron chi connectivity index (χ1n) is 8.81. The van der Waals surface area contributed by atoms with Gasteiger partial charge in [0.05, 0.1) is 37.6 Å². The van der Waals surface area contributed by atoms with E-state index in [1.807, 2.05) is 0 Å². The molecule has 2 aromatic heterocycles. The zero-order valence-corrected chi connectivity index (χ0v) is 15.1. The normalized spacial score (nSPS) is 20.0. The van der Waals surface area contributed by atoms with Gasteiger partial charge in [-0.1, -0.05) is 0 Å². The van der Waals surface area contributed by atoms with Crippen LogP contribution < -0.4 is 15.4 Å². The van der Waals surface area contributed by atoms with Gasteiger partial charge < -0.3 is 19.9 Å². The van der Waals surface area contributed by atoms with Gasteiger partial charge in [-0.25, -0.2) is 28.1 Å². The van der Waals surface area contributed by atoms with E-state index in [1.165, 1.54) is 25.6 Å². The predicted octanol–water partition coefficient (Wildman–Crippen LogP) is 2.04. The minimum atomic E-state index is -1.10. The smallest absolute Gasteiger partial charge is 0.207 e. The van der Waals surface area contributed by atoms with Gasteiger partial charge in [0.25, 0.3) is 0 Å². The van der Waals surface area contributed by atoms with Gasteiger partial charge in [0.15, 0.2) is 11.6 Å². The van der Waals surface area contributed by atoms with Crippen molar-refractivity contribution in [3.05, 3.63) is 42.0 Å². The molecule has 0 bridgehead atoms. The quantitative estimate of drug-likeness (QED) is 0.732. The van der Waals surface area contributed by atoms with Gasteiger partial charge in [-0.05, 0) is 6.42 Å². The highest BCUT2D eigenvalue weighted by Crippen LogP contribution is 2.28. The third-order valence-electron chi connectivity index (χ3n) is 4.82. The molecule has 3 heterocycles. The molecule has 1 aliphatic heterocycles. The van der Waals surface area contributed by atoms with Crippen LogP contribution in [0, 0.1) is 11.6 Å². The number of nitrogens with two attached hydrogens (primary N) is 1. The molecule has 0 saturated carbocycles. The molecule has 0 aliphatic carbocycles. The standard InChI is InChI=1S/C18H19F3N6O/c1-28-11-6-23-16(24-7-11)9-27-15-5-10(19)4-13(21)17(15)25-18(27)26-3-2-12(20)14(22)8-26/h4-7,12,14H,2-3,8-9,22H2,1H3/t12-,14-/m1/s1. The fourth-order valence-corrected chi connectivity index (χ4v) is 3.34. The SMILES string of the molecule is COc1cnc(Cn2c(N3CC[C@@H](F)[C@H](N)C3)nc3c(F)cc(F)cc32)nc1. The number of imidazole rings is 1. The number of anilines is 1. The van der Waals surface area contributed by atoms with Crippen LogP contribution in [-0.4, -0.2) is 51.9 Å². The highest BCUT2D eigenvalue weighted by atomic mass is 19.1. The predicted molar refractivity (Wildman–Crippen MR) is 97.0 cm³/mol. The van der Waals surface area contributed by atoms with Crippen molar-refractivity contribution < 1.29 is 17.9 Å². The maximum absolute atomic E-state index is 14.3. The summed E-state index contributed by atoms with van der Waals surface area (Å²) in [4.78, 5) is 14.6. The Morgan fingerprint density at radius 2 is 2.00 bits per heavy atom. The Balaban J connectivity index is 1.79. The second-order valence-electron chi connectivity index (χ2n) is 6.71. The highest BCUT2D eigenvalue weighted by molar-refractivity contribution is 5.80. The minimum Gasteiger partial charge on any atom is -0.494 e. The van der Waals surface area contributed by atoms with Crippen LogP contribution in [0.4, 0.5) is 19.1 Å². The fourth-order valence-electron chi connectivity index (χ4n) is 3.34. The van der Waals surface area contributed by atoms with Crippen LogP contribution >= 0.6 is 0 Å². The van der Waals surface area contributed by atoms with Gasteiger partial charge in [-0.2, -0.15) is 0 Å². The molecule has 1 aromatic carbocycles. The number of rotatable bonds is 4. The van der Waals surface area contributed by atoms with Crippen LogP contribution in [0.15, 0.2) is 24.5 Å². The Morgan fingerprint density at radius 3 is 2.68 bits per heavy atom. The molecule has 1 fully saturated rings. The summed E-state index contributed by atoms with van der Waals surface area (Å²) < 4.78 is 48.6. The topological polar surface area (TPSA) is 82.1 Å². The summed E-state index contributed by atoms with van der Waals surface area (Å²) in [5.41, 5.74) is 6.16. The maximum atomic E-state index is 14.3. The number of hydrogen-bond donors (Lipinski definition) is 1. The van der Waals surface area contributed by atoms with Crippen molar-refractivity contribution in [3.8, 4) is 5.75 Å². The molecule has 0 spiro atoms. The van der Waals surface area contributed by atoms with Crippen molar-refractivity contribution in [1.29, 1.82) is 0 Å². The molecule has 2 N–H and O–H groups in total. The summed E-state index contributed by atoms with van der Waals surface area (Å²) in [5.74, 6) is -0.202. The molecular formula is C18H19F3N6O. The van der Waals surface area contributed by atoms with Crippen LogP contribution in [0.3, 0.4) is 0 Å². The Morgan fingerprint density at radius 1 is 1.25 bits per heavy atom. The van der Waals surface area contributed by atoms with E-state index in [9.17, 15) is 13.2 Å². The van der Waals surface area contributed by atoms with Gasteiger partial charge in [0.2, 0.25) is 5.95 Å². The van der Waals surface area contributed by atoms with Crippen molar-refractivity contribution in [2.75, 3.05) is 25.1 Å². The van der Waals surface area contributed by atoms with Gasteiger partial charge >= 0.3 is 0 Å². The lowest BCUT2D eigenvalue weighted by Gasteiger charge is -2.34. The number of halogens is 3. The van der Waals surface area contributed by atoms with Crippen molar-refractivity contribution in [1.82, 2.24) is 19.5 Å². The molecule has 7 nitrogen and oxygen atoms in total. The molecule has 148 valence electrons. The zero-order chi connectivity index (χ0) is 19.8. The number of fused-ring (bicyclic) bond motifs is 1. The number of aromatic nitrogens is 4. The van der Waals surface area contributed by atoms with Gasteiger partial charge in [0.1, 0.15) is 23.3 Å². The first-order valence-corrected chi connectivity index (χ1v) is 8.81. The molecule has 0 amide bonds. The fraction of sp³-hybridized carbons (Fsp3) is 0.389. The number of methoxy groups -OCH3 is 1. The number of benzene rings is 1. The largest absolute Gasteiger partial charge is 0.494 e. The van der Waals surface area contributed by atoms with Crippen LogP contribution in [0.25, 0.3) is 11.0 Å². The van der Waals surface area contributed by atoms with E-state index in [4.69, 9.17) is 10.5 Å². The molecule has 4 rings (SSSR count). The van der Waals surface area contributed by atoms with E-state index in [0.717, 1.165) is 6.07 Å². The first kappa shape index (κ1) is 18.5. The molecule has 0 unspecified atom stereocenters. The van der Waals surface area contributed by atoms with Gasteiger partial charge in [-0.15, -0.1) is 0 Å². The average molecular weight is 392 g/mol. The summed E-state index contributed by atoms with van der Waals surface area (Å²) in [5, 5.41) is 0. The second kappa shape index (κ2) is 7.27. The van der Waals surface area contributed by atoms with Crippen molar-refractivity contribution in [2.24, 2.45) is 5.73 Å². The molecule has 2 atom stereocenters. The number of ether oxygens (including phenoxy) is 1. The monoisotopic (exact) mass is 392 g/mol. The Hall–Kier alpha value is -2.88. The molecule has 28 heavy (non-hydrogen) atoms. The summed E-state index contributed by atoms with van der Waals surface area (Å²) in [6, 6.07) is 1.31. The maximum Gasteiger partial charge on any atom is 0.207 e. The molecular weight excluding hydrogens is 373 g/mol. The lowest BCUT2D eigenvalue weighted by Crippen LogP contribution is -2.50. The van der Waals surface area contributed by atoms with Crippen LogP contribution in [0.1, 0.15) is 12.2 Å². The first-order chi connectivity index (χ1) is 13.5. The van der Waals surface area contributed by atoms with Crippen LogP contribution in [0.2, 0.25) is 0 Å². The Kier molecular flexibility index (Phi) is 4.80. The third kappa shape index (κ3) is 3.35. The molecule has 1 saturated heterocycles. The number of hydrogen-bond acceptors (Lipinski definition) is 6. The molecule has 0 radical (unpaired) electrons. The van der Waals surface area contributed by atoms with Crippen LogP contribution in [-0.2, 0) is 6.54 Å². The Labute approximate surface area is 159 Å². The lowest BCUT2D eigenvalue weighted by atomic mass is 10.1. The zero-order valence-electron chi connectivity index (χ0n) is 15.1. The number of piperidine rings is 1. The van der Waals surface area contributed by atoms with E-state index in [1.54, 1.807) is 9.47 Å². The van der Waals surface area contributed by atoms with Crippen molar-refractivity contribution in [3.63, 3.8) is 0 Å². The highest BCUT2D eigenvalue weighted by Gasteiger charge is 2.30. The third-order valence-corrected chi connectivity index (χ3v) is 4.82. The molecule has 1 aliphatic rings. The summed E-state index contributed by atoms with van der Waals surface area (Å²) >= 11 is 0. The summed E-state index contributed by atoms with van der Waals surface area (Å²) in [6.07, 6.45) is 2.15. The van der Waals surface area contributed by atoms with E-state index >= 15 is 0 Å². The number of nitrogens with zero attached hydrogens (tertiary/aromatic N) is 5. The van der Waals surface area contributed by atoms with E-state index in [0.29, 0.717) is 24.1 Å². The van der Waals surface area contributed by atoms with Crippen LogP contribution in [0.5, 0.6) is 5.75 Å². The van der Waals surface area contributed by atoms with E-state index in [2.05, 4.69) is 15.0 Å². The summed E-state index contributed by atoms with van der Waals surface area (Å²) in [6.45, 7) is 0.716. The molecule has 10 heteroatoms. The second-order valence-corrected chi connectivity index (χ2v) is 6.71. The average Bonchev–Trinajstić information content (AvgIpc) is 3.03. The molecule has 3 aromatic rings. The summed E-state index contributed by atoms with van der Waals surface area (Å²) in [7, 11) is 1.50. The minimum absolute atomic E-state index is 0.0286. The Bertz CT molecular complexity index is 993. The van der Waals surface area contributed by atoms with Gasteiger partial charge in [0, 0.05) is 25.2 Å². The van der Waals surface area contributed by atoms with Gasteiger partial charge in [-0.3, -0.25) is 0 Å². The van der Waals surface area contributed by atoms with E-state index in [-0.39, 0.29) is 30.5 Å².